The third-order valence-corrected chi connectivity index (χ3v) is 1.95. The largest absolute Gasteiger partial charge is 0.480 e. The average Bonchev–Trinajstić information content (AvgIpc) is 2.28. The van der Waals surface area contributed by atoms with Crippen molar-refractivity contribution >= 4 is 23.5 Å². The number of hydrogen-bond acceptors (Lipinski definition) is 4. The minimum absolute atomic E-state index is 0.00843. The van der Waals surface area contributed by atoms with Gasteiger partial charge in [0.25, 0.3) is 5.91 Å². The Labute approximate surface area is 102 Å². The number of carboxylic acid groups (broad SMARTS) is 1. The first-order valence-corrected chi connectivity index (χ1v) is 4.86. The number of carboxylic acids is 1. The third-order valence-electron chi connectivity index (χ3n) is 1.75. The second kappa shape index (κ2) is 5.82. The normalized spacial score (nSPS) is 9.41. The van der Waals surface area contributed by atoms with Gasteiger partial charge in [0.05, 0.1) is 6.54 Å². The zero-order valence-electron chi connectivity index (χ0n) is 8.63. The molecule has 17 heavy (non-hydrogen) atoms. The van der Waals surface area contributed by atoms with E-state index in [1.54, 1.807) is 0 Å². The fourth-order valence-electron chi connectivity index (χ4n) is 1.07. The summed E-state index contributed by atoms with van der Waals surface area (Å²) in [6.45, 7) is -0.608. The van der Waals surface area contributed by atoms with Crippen molar-refractivity contribution in [1.82, 2.24) is 15.1 Å². The molecular formula is C10H8ClN3O3. The molecule has 0 spiro atoms. The molecule has 0 saturated heterocycles. The topological polar surface area (TPSA) is 83.4 Å². The lowest BCUT2D eigenvalue weighted by atomic mass is 10.3. The van der Waals surface area contributed by atoms with Gasteiger partial charge in [-0.2, -0.15) is 0 Å². The van der Waals surface area contributed by atoms with Crippen molar-refractivity contribution in [3.63, 3.8) is 0 Å². The van der Waals surface area contributed by atoms with Crippen molar-refractivity contribution in [1.29, 1.82) is 0 Å². The zero-order valence-corrected chi connectivity index (χ0v) is 9.39. The number of aliphatic carboxylic acids is 1. The number of hydrogen-bond donors (Lipinski definition) is 1. The Morgan fingerprint density at radius 2 is 2.18 bits per heavy atom. The van der Waals surface area contributed by atoms with Crippen molar-refractivity contribution < 1.29 is 14.7 Å². The van der Waals surface area contributed by atoms with Crippen LogP contribution in [0, 0.1) is 12.3 Å². The van der Waals surface area contributed by atoms with E-state index in [9.17, 15) is 9.59 Å². The summed E-state index contributed by atoms with van der Waals surface area (Å²) in [5, 5.41) is 15.8. The van der Waals surface area contributed by atoms with Gasteiger partial charge in [0.1, 0.15) is 6.54 Å². The van der Waals surface area contributed by atoms with Crippen molar-refractivity contribution in [3.05, 3.63) is 23.0 Å². The van der Waals surface area contributed by atoms with Gasteiger partial charge in [0.2, 0.25) is 0 Å². The quantitative estimate of drug-likeness (QED) is 0.780. The molecule has 1 aromatic rings. The lowest BCUT2D eigenvalue weighted by Gasteiger charge is -2.16. The molecule has 88 valence electrons. The molecule has 1 rings (SSSR count). The predicted molar refractivity (Wildman–Crippen MR) is 59.4 cm³/mol. The van der Waals surface area contributed by atoms with Crippen LogP contribution in [0.5, 0.6) is 0 Å². The monoisotopic (exact) mass is 253 g/mol. The molecule has 1 heterocycles. The van der Waals surface area contributed by atoms with Crippen LogP contribution in [0.15, 0.2) is 12.1 Å². The molecule has 0 saturated carbocycles. The average molecular weight is 254 g/mol. The Morgan fingerprint density at radius 3 is 2.65 bits per heavy atom. The SMILES string of the molecule is C#CCN(CC(=O)O)C(=O)c1ccc(Cl)nn1. The minimum atomic E-state index is -1.16. The summed E-state index contributed by atoms with van der Waals surface area (Å²) in [5.74, 6) is 0.443. The molecule has 0 fully saturated rings. The van der Waals surface area contributed by atoms with E-state index in [0.717, 1.165) is 4.90 Å². The van der Waals surface area contributed by atoms with Crippen LogP contribution >= 0.6 is 11.6 Å². The van der Waals surface area contributed by atoms with Crippen LogP contribution in [0.3, 0.4) is 0 Å². The number of aromatic nitrogens is 2. The zero-order chi connectivity index (χ0) is 12.8. The molecule has 0 aliphatic rings. The van der Waals surface area contributed by atoms with Crippen LogP contribution in [-0.2, 0) is 4.79 Å². The van der Waals surface area contributed by atoms with Gasteiger partial charge in [0.15, 0.2) is 10.8 Å². The second-order valence-corrected chi connectivity index (χ2v) is 3.39. The molecule has 0 aromatic carbocycles. The maximum absolute atomic E-state index is 11.8. The molecule has 1 N–H and O–H groups in total. The van der Waals surface area contributed by atoms with E-state index in [0.29, 0.717) is 0 Å². The van der Waals surface area contributed by atoms with Gasteiger partial charge in [-0.15, -0.1) is 16.6 Å². The minimum Gasteiger partial charge on any atom is -0.480 e. The van der Waals surface area contributed by atoms with Crippen molar-refractivity contribution in [2.24, 2.45) is 0 Å². The van der Waals surface area contributed by atoms with Crippen LogP contribution < -0.4 is 0 Å². The summed E-state index contributed by atoms with van der Waals surface area (Å²) in [4.78, 5) is 23.3. The third kappa shape index (κ3) is 3.74. The van der Waals surface area contributed by atoms with Crippen molar-refractivity contribution in [3.8, 4) is 12.3 Å². The molecule has 6 nitrogen and oxygen atoms in total. The lowest BCUT2D eigenvalue weighted by Crippen LogP contribution is -2.36. The van der Waals surface area contributed by atoms with Gasteiger partial charge in [-0.25, -0.2) is 0 Å². The molecule has 1 amide bonds. The van der Waals surface area contributed by atoms with E-state index in [2.05, 4.69) is 16.1 Å². The van der Waals surface area contributed by atoms with Gasteiger partial charge in [-0.05, 0) is 12.1 Å². The molecule has 1 aromatic heterocycles. The summed E-state index contributed by atoms with van der Waals surface area (Å²) >= 11 is 5.52. The fourth-order valence-corrected chi connectivity index (χ4v) is 1.17. The molecule has 0 atom stereocenters. The number of terminal acetylenes is 1. The second-order valence-electron chi connectivity index (χ2n) is 3.00. The summed E-state index contributed by atoms with van der Waals surface area (Å²) in [6.07, 6.45) is 5.05. The van der Waals surface area contributed by atoms with Crippen LogP contribution in [0.25, 0.3) is 0 Å². The molecule has 0 bridgehead atoms. The van der Waals surface area contributed by atoms with Crippen LogP contribution in [0.1, 0.15) is 10.5 Å². The molecule has 0 aliphatic carbocycles. The number of carbonyl (C=O) groups excluding carboxylic acids is 1. The van der Waals surface area contributed by atoms with Gasteiger partial charge in [0, 0.05) is 0 Å². The summed E-state index contributed by atoms with van der Waals surface area (Å²) in [6, 6.07) is 2.74. The summed E-state index contributed by atoms with van der Waals surface area (Å²) in [7, 11) is 0. The molecule has 0 aliphatic heterocycles. The number of amides is 1. The summed E-state index contributed by atoms with van der Waals surface area (Å²) < 4.78 is 0. The maximum Gasteiger partial charge on any atom is 0.323 e. The number of carbonyl (C=O) groups is 2. The fraction of sp³-hybridized carbons (Fsp3) is 0.200. The first-order chi connectivity index (χ1) is 8.04. The van der Waals surface area contributed by atoms with E-state index in [-0.39, 0.29) is 17.4 Å². The first kappa shape index (κ1) is 12.9. The van der Waals surface area contributed by atoms with Gasteiger partial charge in [-0.1, -0.05) is 17.5 Å². The predicted octanol–water partition coefficient (Wildman–Crippen LogP) is 0.290. The van der Waals surface area contributed by atoms with Gasteiger partial charge in [-0.3, -0.25) is 9.59 Å². The van der Waals surface area contributed by atoms with Crippen LogP contribution in [0.2, 0.25) is 5.15 Å². The maximum atomic E-state index is 11.8. The van der Waals surface area contributed by atoms with E-state index < -0.39 is 18.4 Å². The van der Waals surface area contributed by atoms with E-state index in [1.165, 1.54) is 12.1 Å². The molecule has 0 radical (unpaired) electrons. The number of nitrogens with zero attached hydrogens (tertiary/aromatic N) is 3. The number of halogens is 1. The Bertz CT molecular complexity index is 467. The Kier molecular flexibility index (Phi) is 4.43. The van der Waals surface area contributed by atoms with E-state index in [4.69, 9.17) is 23.1 Å². The molecule has 0 unspecified atom stereocenters. The van der Waals surface area contributed by atoms with E-state index in [1.807, 2.05) is 0 Å². The highest BCUT2D eigenvalue weighted by molar-refractivity contribution is 6.29. The first-order valence-electron chi connectivity index (χ1n) is 4.48. The highest BCUT2D eigenvalue weighted by Crippen LogP contribution is 2.05. The smallest absolute Gasteiger partial charge is 0.323 e. The van der Waals surface area contributed by atoms with Gasteiger partial charge < -0.3 is 10.0 Å². The molecular weight excluding hydrogens is 246 g/mol. The Hall–Kier alpha value is -2.13. The van der Waals surface area contributed by atoms with Gasteiger partial charge >= 0.3 is 5.97 Å². The Balaban J connectivity index is 2.88. The number of rotatable bonds is 4. The highest BCUT2D eigenvalue weighted by atomic mass is 35.5. The summed E-state index contributed by atoms with van der Waals surface area (Å²) in [5.41, 5.74) is -0.00843. The molecule has 7 heteroatoms. The van der Waals surface area contributed by atoms with E-state index >= 15 is 0 Å². The van der Waals surface area contributed by atoms with Crippen molar-refractivity contribution in [2.75, 3.05) is 13.1 Å². The lowest BCUT2D eigenvalue weighted by molar-refractivity contribution is -0.137. The highest BCUT2D eigenvalue weighted by Gasteiger charge is 2.19. The standard InChI is InChI=1S/C10H8ClN3O3/c1-2-5-14(6-9(15)16)10(17)7-3-4-8(11)13-12-7/h1,3-4H,5-6H2,(H,15,16). The van der Waals surface area contributed by atoms with Crippen molar-refractivity contribution in [2.45, 2.75) is 0 Å². The van der Waals surface area contributed by atoms with Crippen LogP contribution in [0.4, 0.5) is 0 Å². The Morgan fingerprint density at radius 1 is 1.47 bits per heavy atom. The van der Waals surface area contributed by atoms with Crippen LogP contribution in [-0.4, -0.2) is 45.2 Å².